The minimum absolute atomic E-state index is 0.0438. The molecule has 120 valence electrons. The molecule has 5 nitrogen and oxygen atoms in total. The fraction of sp³-hybridized carbons (Fsp3) is 0.529. The Morgan fingerprint density at radius 3 is 2.68 bits per heavy atom. The van der Waals surface area contributed by atoms with E-state index in [0.29, 0.717) is 6.54 Å². The van der Waals surface area contributed by atoms with Gasteiger partial charge in [-0.2, -0.15) is 0 Å². The summed E-state index contributed by atoms with van der Waals surface area (Å²) in [6.45, 7) is 3.88. The first kappa shape index (κ1) is 16.5. The van der Waals surface area contributed by atoms with Crippen LogP contribution in [0.25, 0.3) is 0 Å². The Kier molecular flexibility index (Phi) is 5.95. The van der Waals surface area contributed by atoms with Crippen LogP contribution in [0.15, 0.2) is 30.3 Å². The van der Waals surface area contributed by atoms with Gasteiger partial charge in [-0.1, -0.05) is 37.3 Å². The first-order valence-corrected chi connectivity index (χ1v) is 7.90. The van der Waals surface area contributed by atoms with Crippen LogP contribution in [0.1, 0.15) is 31.7 Å². The normalized spacial score (nSPS) is 18.3. The van der Waals surface area contributed by atoms with Gasteiger partial charge in [0.15, 0.2) is 0 Å². The molecule has 1 N–H and O–H groups in total. The zero-order valence-electron chi connectivity index (χ0n) is 13.1. The lowest BCUT2D eigenvalue weighted by atomic mass is 10.1. The van der Waals surface area contributed by atoms with Gasteiger partial charge in [0.25, 0.3) is 0 Å². The van der Waals surface area contributed by atoms with Crippen LogP contribution in [-0.2, 0) is 16.1 Å². The third-order valence-electron chi connectivity index (χ3n) is 4.01. The molecule has 5 heteroatoms. The third-order valence-corrected chi connectivity index (χ3v) is 4.01. The van der Waals surface area contributed by atoms with Crippen LogP contribution in [0.4, 0.5) is 0 Å². The summed E-state index contributed by atoms with van der Waals surface area (Å²) in [5, 5.41) is 9.00. The molecule has 1 fully saturated rings. The molecule has 0 saturated carbocycles. The zero-order valence-corrected chi connectivity index (χ0v) is 13.1. The molecule has 0 bridgehead atoms. The number of likely N-dealkylation sites (tertiary alicyclic amines) is 1. The van der Waals surface area contributed by atoms with Crippen molar-refractivity contribution in [1.29, 1.82) is 0 Å². The molecular weight excluding hydrogens is 280 g/mol. The van der Waals surface area contributed by atoms with Crippen molar-refractivity contribution in [3.63, 3.8) is 0 Å². The Morgan fingerprint density at radius 1 is 1.32 bits per heavy atom. The van der Waals surface area contributed by atoms with Gasteiger partial charge in [-0.3, -0.25) is 14.5 Å². The van der Waals surface area contributed by atoms with Crippen molar-refractivity contribution in [3.8, 4) is 0 Å². The smallest absolute Gasteiger partial charge is 0.323 e. The Balaban J connectivity index is 2.04. The molecule has 1 aliphatic rings. The number of hydrogen-bond acceptors (Lipinski definition) is 3. The summed E-state index contributed by atoms with van der Waals surface area (Å²) < 4.78 is 0. The van der Waals surface area contributed by atoms with Gasteiger partial charge in [0.1, 0.15) is 6.54 Å². The lowest BCUT2D eigenvalue weighted by molar-refractivity contribution is -0.146. The molecule has 1 unspecified atom stereocenters. The minimum atomic E-state index is -0.950. The maximum Gasteiger partial charge on any atom is 0.323 e. The number of carboxylic acid groups (broad SMARTS) is 1. The summed E-state index contributed by atoms with van der Waals surface area (Å²) in [5.41, 5.74) is 1.18. The van der Waals surface area contributed by atoms with E-state index in [1.807, 2.05) is 25.1 Å². The van der Waals surface area contributed by atoms with Crippen LogP contribution < -0.4 is 0 Å². The molecular formula is C17H24N2O3. The average Bonchev–Trinajstić information content (AvgIpc) is 2.95. The second kappa shape index (κ2) is 7.94. The number of hydrogen-bond donors (Lipinski definition) is 1. The maximum atomic E-state index is 12.7. The summed E-state index contributed by atoms with van der Waals surface area (Å²) in [7, 11) is 0. The van der Waals surface area contributed by atoms with E-state index in [-0.39, 0.29) is 18.5 Å². The van der Waals surface area contributed by atoms with E-state index in [4.69, 9.17) is 5.11 Å². The number of amides is 1. The number of carbonyl (C=O) groups excluding carboxylic acids is 1. The van der Waals surface area contributed by atoms with Crippen LogP contribution in [0.2, 0.25) is 0 Å². The van der Waals surface area contributed by atoms with E-state index < -0.39 is 5.97 Å². The molecule has 0 radical (unpaired) electrons. The van der Waals surface area contributed by atoms with E-state index >= 15 is 0 Å². The largest absolute Gasteiger partial charge is 0.480 e. The second-order valence-electron chi connectivity index (χ2n) is 5.77. The number of aliphatic carboxylic acids is 1. The van der Waals surface area contributed by atoms with Crippen molar-refractivity contribution in [2.24, 2.45) is 0 Å². The number of carbonyl (C=O) groups is 2. The summed E-state index contributed by atoms with van der Waals surface area (Å²) in [6.07, 6.45) is 2.56. The first-order valence-electron chi connectivity index (χ1n) is 7.90. The van der Waals surface area contributed by atoms with Gasteiger partial charge in [-0.05, 0) is 31.4 Å². The van der Waals surface area contributed by atoms with Crippen molar-refractivity contribution in [3.05, 3.63) is 35.9 Å². The standard InChI is InChI=1S/C17H24N2O3/c1-2-10-19(13-16(20)21)17(22)15-9-6-11-18(15)12-14-7-4-3-5-8-14/h3-5,7-8,15H,2,6,9-13H2,1H3,(H,20,21). The van der Waals surface area contributed by atoms with Gasteiger partial charge in [0.05, 0.1) is 6.04 Å². The maximum absolute atomic E-state index is 12.7. The number of nitrogens with zero attached hydrogens (tertiary/aromatic N) is 2. The summed E-state index contributed by atoms with van der Waals surface area (Å²) in [6, 6.07) is 9.89. The SMILES string of the molecule is CCCN(CC(=O)O)C(=O)C1CCCN1Cc1ccccc1. The fourth-order valence-electron chi connectivity index (χ4n) is 3.02. The lowest BCUT2D eigenvalue weighted by Crippen LogP contribution is -2.47. The quantitative estimate of drug-likeness (QED) is 0.836. The third kappa shape index (κ3) is 4.31. The van der Waals surface area contributed by atoms with Crippen LogP contribution in [0.3, 0.4) is 0 Å². The van der Waals surface area contributed by atoms with Gasteiger partial charge < -0.3 is 10.0 Å². The zero-order chi connectivity index (χ0) is 15.9. The van der Waals surface area contributed by atoms with Gasteiger partial charge in [-0.25, -0.2) is 0 Å². The molecule has 1 aliphatic heterocycles. The van der Waals surface area contributed by atoms with Crippen molar-refractivity contribution in [2.75, 3.05) is 19.6 Å². The fourth-order valence-corrected chi connectivity index (χ4v) is 3.02. The van der Waals surface area contributed by atoms with Crippen molar-refractivity contribution in [2.45, 2.75) is 38.8 Å². The predicted molar refractivity (Wildman–Crippen MR) is 84.4 cm³/mol. The van der Waals surface area contributed by atoms with E-state index in [0.717, 1.165) is 32.4 Å². The summed E-state index contributed by atoms with van der Waals surface area (Å²) >= 11 is 0. The average molecular weight is 304 g/mol. The van der Waals surface area contributed by atoms with Gasteiger partial charge >= 0.3 is 5.97 Å². The Labute approximate surface area is 131 Å². The molecule has 0 spiro atoms. The highest BCUT2D eigenvalue weighted by atomic mass is 16.4. The molecule has 1 atom stereocenters. The van der Waals surface area contributed by atoms with Gasteiger partial charge in [-0.15, -0.1) is 0 Å². The Hall–Kier alpha value is -1.88. The Morgan fingerprint density at radius 2 is 2.05 bits per heavy atom. The number of carboxylic acids is 1. The molecule has 1 amide bonds. The van der Waals surface area contributed by atoms with Crippen LogP contribution in [-0.4, -0.2) is 52.5 Å². The van der Waals surface area contributed by atoms with Crippen molar-refractivity contribution in [1.82, 2.24) is 9.80 Å². The van der Waals surface area contributed by atoms with Crippen LogP contribution >= 0.6 is 0 Å². The second-order valence-corrected chi connectivity index (χ2v) is 5.77. The highest BCUT2D eigenvalue weighted by Crippen LogP contribution is 2.22. The first-order chi connectivity index (χ1) is 10.6. The molecule has 1 heterocycles. The Bertz CT molecular complexity index is 504. The molecule has 0 aromatic heterocycles. The van der Waals surface area contributed by atoms with Crippen molar-refractivity contribution >= 4 is 11.9 Å². The van der Waals surface area contributed by atoms with Crippen LogP contribution in [0.5, 0.6) is 0 Å². The molecule has 2 rings (SSSR count). The topological polar surface area (TPSA) is 60.9 Å². The van der Waals surface area contributed by atoms with E-state index in [9.17, 15) is 9.59 Å². The van der Waals surface area contributed by atoms with Gasteiger partial charge in [0, 0.05) is 13.1 Å². The monoisotopic (exact) mass is 304 g/mol. The highest BCUT2D eigenvalue weighted by molar-refractivity contribution is 5.85. The highest BCUT2D eigenvalue weighted by Gasteiger charge is 2.33. The number of rotatable bonds is 7. The van der Waals surface area contributed by atoms with E-state index in [2.05, 4.69) is 17.0 Å². The number of benzene rings is 1. The molecule has 1 aromatic carbocycles. The summed E-state index contributed by atoms with van der Waals surface area (Å²) in [4.78, 5) is 27.3. The van der Waals surface area contributed by atoms with E-state index in [1.165, 1.54) is 10.5 Å². The molecule has 1 aromatic rings. The summed E-state index contributed by atoms with van der Waals surface area (Å²) in [5.74, 6) is -0.993. The van der Waals surface area contributed by atoms with Gasteiger partial charge in [0.2, 0.25) is 5.91 Å². The minimum Gasteiger partial charge on any atom is -0.480 e. The molecule has 22 heavy (non-hydrogen) atoms. The molecule has 0 aliphatic carbocycles. The van der Waals surface area contributed by atoms with Crippen molar-refractivity contribution < 1.29 is 14.7 Å². The lowest BCUT2D eigenvalue weighted by Gasteiger charge is -2.29. The van der Waals surface area contributed by atoms with Crippen LogP contribution in [0, 0.1) is 0 Å². The van der Waals surface area contributed by atoms with E-state index in [1.54, 1.807) is 0 Å². The molecule has 1 saturated heterocycles. The predicted octanol–water partition coefficient (Wildman–Crippen LogP) is 1.97.